The highest BCUT2D eigenvalue weighted by Crippen LogP contribution is 2.31. The molecule has 0 unspecified atom stereocenters. The molecule has 0 aliphatic carbocycles. The minimum atomic E-state index is -0.408. The molecule has 0 saturated heterocycles. The van der Waals surface area contributed by atoms with Crippen LogP contribution in [-0.2, 0) is 4.79 Å². The average molecular weight is 391 g/mol. The SMILES string of the molecule is CC(C)n1c(S[C@H](C)C(=O)Nc2nccs2)nnc1-c1ccccc1F. The Morgan fingerprint density at radius 1 is 1.27 bits per heavy atom. The van der Waals surface area contributed by atoms with Crippen molar-refractivity contribution in [2.45, 2.75) is 37.2 Å². The average Bonchev–Trinajstić information content (AvgIpc) is 3.25. The summed E-state index contributed by atoms with van der Waals surface area (Å²) in [6.45, 7) is 5.73. The Bertz CT molecular complexity index is 894. The van der Waals surface area contributed by atoms with Crippen LogP contribution in [0.3, 0.4) is 0 Å². The van der Waals surface area contributed by atoms with Crippen LogP contribution in [0.4, 0.5) is 9.52 Å². The van der Waals surface area contributed by atoms with Crippen LogP contribution in [0.5, 0.6) is 0 Å². The third-order valence-electron chi connectivity index (χ3n) is 3.61. The second-order valence-corrected chi connectivity index (χ2v) is 8.04. The molecule has 1 N–H and O–H groups in total. The number of hydrogen-bond acceptors (Lipinski definition) is 6. The van der Waals surface area contributed by atoms with Gasteiger partial charge in [-0.05, 0) is 32.9 Å². The van der Waals surface area contributed by atoms with Crippen molar-refractivity contribution in [3.63, 3.8) is 0 Å². The first-order chi connectivity index (χ1) is 12.5. The van der Waals surface area contributed by atoms with E-state index in [9.17, 15) is 9.18 Å². The van der Waals surface area contributed by atoms with Gasteiger partial charge < -0.3 is 5.32 Å². The Morgan fingerprint density at radius 2 is 2.04 bits per heavy atom. The number of benzene rings is 1. The van der Waals surface area contributed by atoms with E-state index < -0.39 is 5.25 Å². The fraction of sp³-hybridized carbons (Fsp3) is 0.294. The Morgan fingerprint density at radius 3 is 2.69 bits per heavy atom. The van der Waals surface area contributed by atoms with E-state index in [1.54, 1.807) is 36.7 Å². The predicted octanol–water partition coefficient (Wildman–Crippen LogP) is 4.24. The van der Waals surface area contributed by atoms with Crippen LogP contribution in [0.1, 0.15) is 26.8 Å². The molecule has 0 radical (unpaired) electrons. The van der Waals surface area contributed by atoms with Crippen LogP contribution in [-0.4, -0.2) is 30.9 Å². The van der Waals surface area contributed by atoms with Gasteiger partial charge in [-0.2, -0.15) is 0 Å². The monoisotopic (exact) mass is 391 g/mol. The summed E-state index contributed by atoms with van der Waals surface area (Å²) >= 11 is 2.64. The molecule has 26 heavy (non-hydrogen) atoms. The largest absolute Gasteiger partial charge is 0.301 e. The summed E-state index contributed by atoms with van der Waals surface area (Å²) in [5, 5.41) is 13.6. The number of amides is 1. The highest BCUT2D eigenvalue weighted by molar-refractivity contribution is 8.00. The molecular weight excluding hydrogens is 373 g/mol. The second kappa shape index (κ2) is 7.96. The van der Waals surface area contributed by atoms with Crippen molar-refractivity contribution in [2.24, 2.45) is 0 Å². The van der Waals surface area contributed by atoms with E-state index in [1.165, 1.54) is 29.2 Å². The summed E-state index contributed by atoms with van der Waals surface area (Å²) in [4.78, 5) is 16.4. The molecule has 0 aliphatic heterocycles. The van der Waals surface area contributed by atoms with Gasteiger partial charge in [-0.25, -0.2) is 9.37 Å². The van der Waals surface area contributed by atoms with Crippen molar-refractivity contribution in [2.75, 3.05) is 5.32 Å². The van der Waals surface area contributed by atoms with E-state index in [0.29, 0.717) is 21.7 Å². The molecule has 0 fully saturated rings. The zero-order chi connectivity index (χ0) is 18.7. The molecule has 1 aromatic carbocycles. The van der Waals surface area contributed by atoms with E-state index in [0.717, 1.165) is 0 Å². The lowest BCUT2D eigenvalue weighted by Crippen LogP contribution is -2.23. The molecule has 0 bridgehead atoms. The number of thiazole rings is 1. The Balaban J connectivity index is 1.84. The van der Waals surface area contributed by atoms with E-state index in [1.807, 2.05) is 18.4 Å². The van der Waals surface area contributed by atoms with Crippen molar-refractivity contribution in [3.8, 4) is 11.4 Å². The molecule has 9 heteroatoms. The minimum absolute atomic E-state index is 0.0105. The van der Waals surface area contributed by atoms with Gasteiger partial charge in [-0.3, -0.25) is 9.36 Å². The molecule has 1 amide bonds. The molecule has 2 aromatic heterocycles. The number of carbonyl (C=O) groups excluding carboxylic acids is 1. The van der Waals surface area contributed by atoms with Gasteiger partial charge in [0.15, 0.2) is 16.1 Å². The fourth-order valence-electron chi connectivity index (χ4n) is 2.35. The molecule has 0 saturated carbocycles. The third-order valence-corrected chi connectivity index (χ3v) is 5.35. The predicted molar refractivity (Wildman–Crippen MR) is 102 cm³/mol. The number of nitrogens with one attached hydrogen (secondary N) is 1. The number of aromatic nitrogens is 4. The maximum absolute atomic E-state index is 14.2. The second-order valence-electron chi connectivity index (χ2n) is 5.84. The summed E-state index contributed by atoms with van der Waals surface area (Å²) in [6.07, 6.45) is 1.63. The van der Waals surface area contributed by atoms with Gasteiger partial charge in [0, 0.05) is 17.6 Å². The van der Waals surface area contributed by atoms with E-state index in [-0.39, 0.29) is 17.8 Å². The number of carbonyl (C=O) groups is 1. The number of rotatable bonds is 6. The van der Waals surface area contributed by atoms with Crippen molar-refractivity contribution in [3.05, 3.63) is 41.7 Å². The Kier molecular flexibility index (Phi) is 5.67. The van der Waals surface area contributed by atoms with Crippen LogP contribution in [0, 0.1) is 5.82 Å². The maximum atomic E-state index is 14.2. The van der Waals surface area contributed by atoms with Crippen molar-refractivity contribution < 1.29 is 9.18 Å². The highest BCUT2D eigenvalue weighted by atomic mass is 32.2. The van der Waals surface area contributed by atoms with Crippen LogP contribution < -0.4 is 5.32 Å². The van der Waals surface area contributed by atoms with Gasteiger partial charge in [-0.1, -0.05) is 23.9 Å². The first kappa shape index (κ1) is 18.5. The zero-order valence-corrected chi connectivity index (χ0v) is 16.1. The lowest BCUT2D eigenvalue weighted by atomic mass is 10.2. The van der Waals surface area contributed by atoms with Gasteiger partial charge in [0.1, 0.15) is 5.82 Å². The first-order valence-corrected chi connectivity index (χ1v) is 9.80. The van der Waals surface area contributed by atoms with E-state index in [4.69, 9.17) is 0 Å². The van der Waals surface area contributed by atoms with Crippen molar-refractivity contribution in [1.29, 1.82) is 0 Å². The summed E-state index contributed by atoms with van der Waals surface area (Å²) < 4.78 is 16.0. The van der Waals surface area contributed by atoms with E-state index >= 15 is 0 Å². The van der Waals surface area contributed by atoms with Gasteiger partial charge in [0.2, 0.25) is 5.91 Å². The zero-order valence-electron chi connectivity index (χ0n) is 14.5. The Labute approximate surface area is 158 Å². The smallest absolute Gasteiger partial charge is 0.239 e. The lowest BCUT2D eigenvalue weighted by Gasteiger charge is -2.16. The van der Waals surface area contributed by atoms with Gasteiger partial charge in [0.05, 0.1) is 10.8 Å². The molecule has 6 nitrogen and oxygen atoms in total. The molecule has 2 heterocycles. The molecule has 3 aromatic rings. The number of anilines is 1. The summed E-state index contributed by atoms with van der Waals surface area (Å²) in [5.41, 5.74) is 0.389. The minimum Gasteiger partial charge on any atom is -0.301 e. The van der Waals surface area contributed by atoms with Crippen molar-refractivity contribution >= 4 is 34.1 Å². The van der Waals surface area contributed by atoms with Crippen LogP contribution in [0.25, 0.3) is 11.4 Å². The molecule has 0 aliphatic rings. The lowest BCUT2D eigenvalue weighted by molar-refractivity contribution is -0.115. The number of thioether (sulfide) groups is 1. The van der Waals surface area contributed by atoms with Gasteiger partial charge in [0.25, 0.3) is 0 Å². The number of nitrogens with zero attached hydrogens (tertiary/aromatic N) is 4. The quantitative estimate of drug-likeness (QED) is 0.636. The van der Waals surface area contributed by atoms with Crippen LogP contribution >= 0.6 is 23.1 Å². The Hall–Kier alpha value is -2.26. The summed E-state index contributed by atoms with van der Waals surface area (Å²) in [6, 6.07) is 6.47. The van der Waals surface area contributed by atoms with Gasteiger partial charge >= 0.3 is 0 Å². The molecule has 1 atom stereocenters. The molecule has 3 rings (SSSR count). The van der Waals surface area contributed by atoms with Crippen LogP contribution in [0.2, 0.25) is 0 Å². The highest BCUT2D eigenvalue weighted by Gasteiger charge is 2.23. The molecule has 136 valence electrons. The normalized spacial score (nSPS) is 12.3. The third kappa shape index (κ3) is 3.94. The summed E-state index contributed by atoms with van der Waals surface area (Å²) in [7, 11) is 0. The summed E-state index contributed by atoms with van der Waals surface area (Å²) in [5.74, 6) is -0.0725. The standard InChI is InChI=1S/C17H18FN5OS2/c1-10(2)23-14(12-6-4-5-7-13(12)18)21-22-17(23)26-11(3)15(24)20-16-19-8-9-25-16/h4-11H,1-3H3,(H,19,20,24)/t11-/m1/s1. The number of halogens is 1. The molecule has 0 spiro atoms. The van der Waals surface area contributed by atoms with Gasteiger partial charge in [-0.15, -0.1) is 21.5 Å². The van der Waals surface area contributed by atoms with Crippen LogP contribution in [0.15, 0.2) is 41.0 Å². The van der Waals surface area contributed by atoms with E-state index in [2.05, 4.69) is 20.5 Å². The topological polar surface area (TPSA) is 72.7 Å². The fourth-order valence-corrected chi connectivity index (χ4v) is 3.87. The number of hydrogen-bond donors (Lipinski definition) is 1. The molecular formula is C17H18FN5OS2. The first-order valence-electron chi connectivity index (χ1n) is 8.04. The maximum Gasteiger partial charge on any atom is 0.239 e. The van der Waals surface area contributed by atoms with Crippen molar-refractivity contribution in [1.82, 2.24) is 19.7 Å².